The summed E-state index contributed by atoms with van der Waals surface area (Å²) in [6, 6.07) is 9.45. The van der Waals surface area contributed by atoms with Gasteiger partial charge in [-0.1, -0.05) is 59.6 Å². The van der Waals surface area contributed by atoms with Crippen molar-refractivity contribution < 1.29 is 0 Å². The maximum absolute atomic E-state index is 6.05. The van der Waals surface area contributed by atoms with E-state index in [2.05, 4.69) is 11.9 Å². The maximum Gasteiger partial charge on any atom is 0.195 e. The molecular weight excluding hydrogens is 240 g/mol. The van der Waals surface area contributed by atoms with E-state index < -0.39 is 4.46 Å². The SMILES string of the molecule is C=CCNC(Cl)(Cl)c1ccccc1.Cl. The number of alkyl halides is 2. The van der Waals surface area contributed by atoms with Crippen LogP contribution in [0.4, 0.5) is 0 Å². The first-order valence-electron chi connectivity index (χ1n) is 3.96. The molecule has 0 radical (unpaired) electrons. The molecule has 4 heteroatoms. The van der Waals surface area contributed by atoms with Crippen molar-refractivity contribution in [2.45, 2.75) is 4.46 Å². The van der Waals surface area contributed by atoms with Gasteiger partial charge in [-0.25, -0.2) is 0 Å². The second-order valence-corrected chi connectivity index (χ2v) is 3.94. The Balaban J connectivity index is 0.00000169. The molecular formula is C10H12Cl3N. The van der Waals surface area contributed by atoms with Gasteiger partial charge in [0.2, 0.25) is 0 Å². The largest absolute Gasteiger partial charge is 0.279 e. The van der Waals surface area contributed by atoms with Crippen LogP contribution in [0.1, 0.15) is 5.56 Å². The molecule has 1 aromatic rings. The molecule has 0 aromatic heterocycles. The van der Waals surface area contributed by atoms with Crippen molar-refractivity contribution in [1.29, 1.82) is 0 Å². The van der Waals surface area contributed by atoms with E-state index in [0.717, 1.165) is 5.56 Å². The minimum absolute atomic E-state index is 0. The highest BCUT2D eigenvalue weighted by Crippen LogP contribution is 2.29. The molecule has 0 fully saturated rings. The highest BCUT2D eigenvalue weighted by molar-refractivity contribution is 6.47. The smallest absolute Gasteiger partial charge is 0.195 e. The van der Waals surface area contributed by atoms with E-state index in [1.807, 2.05) is 30.3 Å². The van der Waals surface area contributed by atoms with Crippen LogP contribution in [0.15, 0.2) is 43.0 Å². The van der Waals surface area contributed by atoms with Crippen LogP contribution in [0.5, 0.6) is 0 Å². The summed E-state index contributed by atoms with van der Waals surface area (Å²) < 4.78 is -1.03. The van der Waals surface area contributed by atoms with Crippen LogP contribution in [0, 0.1) is 0 Å². The van der Waals surface area contributed by atoms with Gasteiger partial charge < -0.3 is 0 Å². The molecule has 0 heterocycles. The third kappa shape index (κ3) is 3.89. The lowest BCUT2D eigenvalue weighted by molar-refractivity contribution is 0.668. The zero-order valence-corrected chi connectivity index (χ0v) is 9.87. The molecule has 0 aliphatic rings. The molecule has 0 saturated heterocycles. The molecule has 0 bridgehead atoms. The highest BCUT2D eigenvalue weighted by Gasteiger charge is 2.24. The minimum Gasteiger partial charge on any atom is -0.279 e. The first kappa shape index (κ1) is 13.8. The Kier molecular flexibility index (Phi) is 6.21. The molecule has 1 nitrogen and oxygen atoms in total. The van der Waals surface area contributed by atoms with E-state index in [9.17, 15) is 0 Å². The van der Waals surface area contributed by atoms with E-state index in [1.54, 1.807) is 6.08 Å². The lowest BCUT2D eigenvalue weighted by Crippen LogP contribution is -2.31. The van der Waals surface area contributed by atoms with Crippen molar-refractivity contribution in [3.05, 3.63) is 48.6 Å². The molecule has 1 aromatic carbocycles. The topological polar surface area (TPSA) is 12.0 Å². The summed E-state index contributed by atoms with van der Waals surface area (Å²) in [7, 11) is 0. The maximum atomic E-state index is 6.05. The van der Waals surface area contributed by atoms with Crippen LogP contribution in [0.2, 0.25) is 0 Å². The number of benzene rings is 1. The Hall–Kier alpha value is -0.210. The monoisotopic (exact) mass is 251 g/mol. The summed E-state index contributed by atoms with van der Waals surface area (Å²) in [6.45, 7) is 4.15. The molecule has 0 aliphatic heterocycles. The molecule has 0 saturated carbocycles. The fraction of sp³-hybridized carbons (Fsp3) is 0.200. The number of rotatable bonds is 4. The Bertz CT molecular complexity index is 272. The van der Waals surface area contributed by atoms with Crippen LogP contribution in [0.3, 0.4) is 0 Å². The van der Waals surface area contributed by atoms with E-state index in [0.29, 0.717) is 6.54 Å². The molecule has 0 aliphatic carbocycles. The van der Waals surface area contributed by atoms with E-state index >= 15 is 0 Å². The molecule has 1 N–H and O–H groups in total. The molecule has 14 heavy (non-hydrogen) atoms. The van der Waals surface area contributed by atoms with Gasteiger partial charge in [0, 0.05) is 12.1 Å². The van der Waals surface area contributed by atoms with Gasteiger partial charge in [0.15, 0.2) is 4.46 Å². The van der Waals surface area contributed by atoms with Crippen molar-refractivity contribution in [1.82, 2.24) is 5.32 Å². The third-order valence-electron chi connectivity index (χ3n) is 1.60. The van der Waals surface area contributed by atoms with Gasteiger partial charge in [-0.3, -0.25) is 5.32 Å². The van der Waals surface area contributed by atoms with Crippen LogP contribution in [-0.2, 0) is 4.46 Å². The molecule has 0 amide bonds. The predicted octanol–water partition coefficient (Wildman–Crippen LogP) is 3.47. The molecule has 0 spiro atoms. The Morgan fingerprint density at radius 1 is 1.29 bits per heavy atom. The normalized spacial score (nSPS) is 10.4. The minimum atomic E-state index is -1.03. The summed E-state index contributed by atoms with van der Waals surface area (Å²) in [4.78, 5) is 0. The van der Waals surface area contributed by atoms with Gasteiger partial charge in [0.25, 0.3) is 0 Å². The van der Waals surface area contributed by atoms with Gasteiger partial charge in [0.1, 0.15) is 0 Å². The number of nitrogens with one attached hydrogen (secondary N) is 1. The molecule has 1 rings (SSSR count). The lowest BCUT2D eigenvalue weighted by atomic mass is 10.2. The van der Waals surface area contributed by atoms with Crippen LogP contribution >= 0.6 is 35.6 Å². The highest BCUT2D eigenvalue weighted by atomic mass is 35.5. The molecule has 78 valence electrons. The predicted molar refractivity (Wildman–Crippen MR) is 65.3 cm³/mol. The van der Waals surface area contributed by atoms with Crippen molar-refractivity contribution in [2.24, 2.45) is 0 Å². The second-order valence-electron chi connectivity index (χ2n) is 2.61. The Morgan fingerprint density at radius 2 is 1.86 bits per heavy atom. The average molecular weight is 253 g/mol. The standard InChI is InChI=1S/C10H11Cl2N.ClH/c1-2-8-13-10(11,12)9-6-4-3-5-7-9;/h2-7,13H,1,8H2;1H. The van der Waals surface area contributed by atoms with E-state index in [4.69, 9.17) is 23.2 Å². The quantitative estimate of drug-likeness (QED) is 0.491. The first-order valence-corrected chi connectivity index (χ1v) is 4.71. The Morgan fingerprint density at radius 3 is 2.36 bits per heavy atom. The Labute approximate surface area is 101 Å². The van der Waals surface area contributed by atoms with Crippen molar-refractivity contribution in [3.63, 3.8) is 0 Å². The van der Waals surface area contributed by atoms with Gasteiger partial charge in [0.05, 0.1) is 0 Å². The summed E-state index contributed by atoms with van der Waals surface area (Å²) in [5.74, 6) is 0. The zero-order chi connectivity index (χ0) is 9.73. The van der Waals surface area contributed by atoms with Crippen molar-refractivity contribution in [3.8, 4) is 0 Å². The fourth-order valence-electron chi connectivity index (χ4n) is 0.950. The lowest BCUT2D eigenvalue weighted by Gasteiger charge is -2.20. The number of hydrogen-bond acceptors (Lipinski definition) is 1. The summed E-state index contributed by atoms with van der Waals surface area (Å²) in [5, 5.41) is 2.94. The van der Waals surface area contributed by atoms with Crippen LogP contribution in [-0.4, -0.2) is 6.54 Å². The fourth-order valence-corrected chi connectivity index (χ4v) is 1.36. The number of halogens is 3. The third-order valence-corrected chi connectivity index (χ3v) is 2.31. The number of hydrogen-bond donors (Lipinski definition) is 1. The summed E-state index contributed by atoms with van der Waals surface area (Å²) in [6.07, 6.45) is 1.71. The molecule has 0 unspecified atom stereocenters. The van der Waals surface area contributed by atoms with E-state index in [-0.39, 0.29) is 12.4 Å². The molecule has 0 atom stereocenters. The van der Waals surface area contributed by atoms with Crippen molar-refractivity contribution in [2.75, 3.05) is 6.54 Å². The van der Waals surface area contributed by atoms with Gasteiger partial charge in [-0.05, 0) is 0 Å². The van der Waals surface area contributed by atoms with Crippen LogP contribution in [0.25, 0.3) is 0 Å². The average Bonchev–Trinajstić information content (AvgIpc) is 2.16. The summed E-state index contributed by atoms with van der Waals surface area (Å²) >= 11 is 12.1. The van der Waals surface area contributed by atoms with Crippen LogP contribution < -0.4 is 5.32 Å². The first-order chi connectivity index (χ1) is 6.17. The van der Waals surface area contributed by atoms with Crippen molar-refractivity contribution >= 4 is 35.6 Å². The van der Waals surface area contributed by atoms with E-state index in [1.165, 1.54) is 0 Å². The van der Waals surface area contributed by atoms with Gasteiger partial charge in [-0.2, -0.15) is 0 Å². The van der Waals surface area contributed by atoms with Gasteiger partial charge >= 0.3 is 0 Å². The summed E-state index contributed by atoms with van der Waals surface area (Å²) in [5.41, 5.74) is 0.834. The second kappa shape index (κ2) is 6.31. The zero-order valence-electron chi connectivity index (χ0n) is 7.54. The van der Waals surface area contributed by atoms with Gasteiger partial charge in [-0.15, -0.1) is 19.0 Å².